The fourth-order valence-corrected chi connectivity index (χ4v) is 3.07. The van der Waals surface area contributed by atoms with Gasteiger partial charge in [0.25, 0.3) is 0 Å². The van der Waals surface area contributed by atoms with Crippen LogP contribution in [0.25, 0.3) is 0 Å². The third-order valence-corrected chi connectivity index (χ3v) is 4.10. The number of ether oxygens (including phenoxy) is 1. The molecule has 0 bridgehead atoms. The molecule has 1 aromatic carbocycles. The van der Waals surface area contributed by atoms with Gasteiger partial charge in [-0.1, -0.05) is 19.8 Å². The van der Waals surface area contributed by atoms with Gasteiger partial charge in [-0.2, -0.15) is 0 Å². The second-order valence-electron chi connectivity index (χ2n) is 6.11. The summed E-state index contributed by atoms with van der Waals surface area (Å²) in [6.45, 7) is 6.98. The van der Waals surface area contributed by atoms with E-state index in [-0.39, 0.29) is 11.9 Å². The molecule has 1 unspecified atom stereocenters. The van der Waals surface area contributed by atoms with Crippen molar-refractivity contribution in [3.8, 4) is 5.75 Å². The number of anilines is 2. The monoisotopic (exact) mass is 294 g/mol. The first-order valence-electron chi connectivity index (χ1n) is 8.05. The molecule has 3 nitrogen and oxygen atoms in total. The fraction of sp³-hybridized carbons (Fsp3) is 0.647. The summed E-state index contributed by atoms with van der Waals surface area (Å²) in [4.78, 5) is 2.34. The number of nitrogens with zero attached hydrogens (tertiary/aromatic N) is 1. The highest BCUT2D eigenvalue weighted by Crippen LogP contribution is 2.35. The average molecular weight is 294 g/mol. The molecule has 1 aliphatic heterocycles. The van der Waals surface area contributed by atoms with E-state index in [0.29, 0.717) is 17.5 Å². The molecule has 21 heavy (non-hydrogen) atoms. The summed E-state index contributed by atoms with van der Waals surface area (Å²) in [6, 6.07) is 3.65. The molecule has 1 aromatic rings. The van der Waals surface area contributed by atoms with Gasteiger partial charge in [-0.15, -0.1) is 0 Å². The zero-order valence-corrected chi connectivity index (χ0v) is 13.4. The van der Waals surface area contributed by atoms with Gasteiger partial charge in [0.1, 0.15) is 0 Å². The molecule has 0 saturated carbocycles. The number of benzene rings is 1. The van der Waals surface area contributed by atoms with E-state index in [1.807, 2.05) is 13.8 Å². The summed E-state index contributed by atoms with van der Waals surface area (Å²) >= 11 is 0. The Balaban J connectivity index is 2.35. The topological polar surface area (TPSA) is 38.5 Å². The Kier molecular flexibility index (Phi) is 5.32. The van der Waals surface area contributed by atoms with Gasteiger partial charge in [0.05, 0.1) is 17.5 Å². The normalized spacial score (nSPS) is 19.7. The summed E-state index contributed by atoms with van der Waals surface area (Å²) in [6.07, 6.45) is 5.87. The van der Waals surface area contributed by atoms with Crippen molar-refractivity contribution in [2.45, 2.75) is 65.0 Å². The number of hydrogen-bond donors (Lipinski definition) is 1. The lowest BCUT2D eigenvalue weighted by atomic mass is 10.1. The summed E-state index contributed by atoms with van der Waals surface area (Å²) in [7, 11) is 0. The van der Waals surface area contributed by atoms with Crippen LogP contribution < -0.4 is 15.4 Å². The Morgan fingerprint density at radius 3 is 2.76 bits per heavy atom. The van der Waals surface area contributed by atoms with Crippen LogP contribution in [0.5, 0.6) is 5.75 Å². The molecule has 0 amide bonds. The Hall–Kier alpha value is -1.45. The Morgan fingerprint density at radius 1 is 1.33 bits per heavy atom. The second kappa shape index (κ2) is 7.01. The van der Waals surface area contributed by atoms with Gasteiger partial charge in [0.15, 0.2) is 11.6 Å². The number of nitrogen functional groups attached to an aromatic ring is 1. The predicted octanol–water partition coefficient (Wildman–Crippen LogP) is 4.35. The van der Waals surface area contributed by atoms with E-state index in [2.05, 4.69) is 11.8 Å². The van der Waals surface area contributed by atoms with Crippen LogP contribution in [-0.4, -0.2) is 18.7 Å². The van der Waals surface area contributed by atoms with Crippen molar-refractivity contribution in [3.05, 3.63) is 17.9 Å². The molecule has 0 spiro atoms. The Morgan fingerprint density at radius 2 is 2.10 bits per heavy atom. The molecule has 0 aliphatic carbocycles. The molecule has 1 saturated heterocycles. The van der Waals surface area contributed by atoms with Gasteiger partial charge in [-0.05, 0) is 33.1 Å². The largest absolute Gasteiger partial charge is 0.488 e. The molecule has 1 atom stereocenters. The van der Waals surface area contributed by atoms with E-state index in [9.17, 15) is 4.39 Å². The van der Waals surface area contributed by atoms with Crippen LogP contribution in [-0.2, 0) is 0 Å². The highest BCUT2D eigenvalue weighted by Gasteiger charge is 2.23. The summed E-state index contributed by atoms with van der Waals surface area (Å²) in [5.41, 5.74) is 7.50. The van der Waals surface area contributed by atoms with Gasteiger partial charge in [-0.3, -0.25) is 0 Å². The van der Waals surface area contributed by atoms with E-state index in [1.54, 1.807) is 6.07 Å². The minimum Gasteiger partial charge on any atom is -0.488 e. The molecule has 118 valence electrons. The molecule has 0 aromatic heterocycles. The second-order valence-corrected chi connectivity index (χ2v) is 6.11. The third kappa shape index (κ3) is 3.80. The van der Waals surface area contributed by atoms with Crippen LogP contribution >= 0.6 is 0 Å². The molecule has 1 aliphatic rings. The molecule has 0 radical (unpaired) electrons. The van der Waals surface area contributed by atoms with E-state index >= 15 is 0 Å². The maximum absolute atomic E-state index is 14.0. The van der Waals surface area contributed by atoms with Crippen molar-refractivity contribution >= 4 is 11.4 Å². The molecule has 1 heterocycles. The van der Waals surface area contributed by atoms with E-state index in [4.69, 9.17) is 10.5 Å². The number of hydrogen-bond acceptors (Lipinski definition) is 3. The Labute approximate surface area is 127 Å². The molecule has 1 fully saturated rings. The van der Waals surface area contributed by atoms with Crippen molar-refractivity contribution in [1.82, 2.24) is 0 Å². The molecule has 2 rings (SSSR count). The average Bonchev–Trinajstić information content (AvgIpc) is 2.66. The van der Waals surface area contributed by atoms with Gasteiger partial charge in [-0.25, -0.2) is 4.39 Å². The minimum atomic E-state index is -0.382. The zero-order valence-electron chi connectivity index (χ0n) is 13.4. The number of halogens is 1. The summed E-state index contributed by atoms with van der Waals surface area (Å²) in [5.74, 6) is -0.0823. The number of nitrogens with two attached hydrogens (primary N) is 1. The van der Waals surface area contributed by atoms with Crippen molar-refractivity contribution in [3.63, 3.8) is 0 Å². The van der Waals surface area contributed by atoms with Crippen molar-refractivity contribution in [2.75, 3.05) is 17.2 Å². The fourth-order valence-electron chi connectivity index (χ4n) is 3.07. The van der Waals surface area contributed by atoms with Crippen LogP contribution in [0.2, 0.25) is 0 Å². The van der Waals surface area contributed by atoms with Gasteiger partial charge in [0, 0.05) is 24.7 Å². The minimum absolute atomic E-state index is 0.0536. The molecule has 4 heteroatoms. The lowest BCUT2D eigenvalue weighted by Crippen LogP contribution is -2.35. The first kappa shape index (κ1) is 15.9. The van der Waals surface area contributed by atoms with Gasteiger partial charge >= 0.3 is 0 Å². The predicted molar refractivity (Wildman–Crippen MR) is 86.5 cm³/mol. The van der Waals surface area contributed by atoms with Crippen LogP contribution in [0.15, 0.2) is 12.1 Å². The lowest BCUT2D eigenvalue weighted by molar-refractivity contribution is 0.231. The SMILES string of the molecule is CCC1CCCCCN1c1cc(OC(C)C)c(F)cc1N. The molecule has 2 N–H and O–H groups in total. The first-order valence-corrected chi connectivity index (χ1v) is 8.05. The van der Waals surface area contributed by atoms with Gasteiger partial charge in [0.2, 0.25) is 0 Å². The third-order valence-electron chi connectivity index (χ3n) is 4.10. The van der Waals surface area contributed by atoms with Crippen LogP contribution in [0.3, 0.4) is 0 Å². The van der Waals surface area contributed by atoms with Crippen LogP contribution in [0, 0.1) is 5.82 Å². The standard InChI is InChI=1S/C17H27FN2O/c1-4-13-8-6-5-7-9-20(13)16-11-17(21-12(2)3)14(18)10-15(16)19/h10-13H,4-9,19H2,1-3H3. The van der Waals surface area contributed by atoms with Crippen molar-refractivity contribution in [2.24, 2.45) is 0 Å². The Bertz CT molecular complexity index is 476. The highest BCUT2D eigenvalue weighted by atomic mass is 19.1. The summed E-state index contributed by atoms with van der Waals surface area (Å²) < 4.78 is 19.6. The maximum atomic E-state index is 14.0. The smallest absolute Gasteiger partial charge is 0.167 e. The zero-order chi connectivity index (χ0) is 15.4. The van der Waals surface area contributed by atoms with E-state index in [0.717, 1.165) is 25.1 Å². The summed E-state index contributed by atoms with van der Waals surface area (Å²) in [5, 5.41) is 0. The van der Waals surface area contributed by atoms with E-state index < -0.39 is 0 Å². The van der Waals surface area contributed by atoms with Gasteiger partial charge < -0.3 is 15.4 Å². The number of rotatable bonds is 4. The first-order chi connectivity index (χ1) is 10.0. The molecular weight excluding hydrogens is 267 g/mol. The van der Waals surface area contributed by atoms with E-state index in [1.165, 1.54) is 25.3 Å². The highest BCUT2D eigenvalue weighted by molar-refractivity contribution is 5.70. The maximum Gasteiger partial charge on any atom is 0.167 e. The van der Waals surface area contributed by atoms with Crippen molar-refractivity contribution in [1.29, 1.82) is 0 Å². The lowest BCUT2D eigenvalue weighted by Gasteiger charge is -2.33. The quantitative estimate of drug-likeness (QED) is 0.839. The van der Waals surface area contributed by atoms with Crippen LogP contribution in [0.1, 0.15) is 52.9 Å². The molecular formula is C17H27FN2O. The van der Waals surface area contributed by atoms with Crippen molar-refractivity contribution < 1.29 is 9.13 Å². The van der Waals surface area contributed by atoms with Crippen LogP contribution in [0.4, 0.5) is 15.8 Å².